The molecule has 1 atom stereocenters. The molecule has 2 aromatic rings. The molecular formula is C20H19Cl2N3O3. The largest absolute Gasteiger partial charge is 0.352 e. The summed E-state index contributed by atoms with van der Waals surface area (Å²) < 4.78 is 0. The third kappa shape index (κ3) is 4.13. The number of anilines is 2. The van der Waals surface area contributed by atoms with Gasteiger partial charge in [0, 0.05) is 19.5 Å². The molecule has 0 spiro atoms. The van der Waals surface area contributed by atoms with Gasteiger partial charge in [-0.25, -0.2) is 0 Å². The summed E-state index contributed by atoms with van der Waals surface area (Å²) in [6, 6.07) is 11.8. The van der Waals surface area contributed by atoms with E-state index in [0.717, 1.165) is 0 Å². The maximum absolute atomic E-state index is 12.7. The molecule has 0 saturated carbocycles. The van der Waals surface area contributed by atoms with Gasteiger partial charge in [-0.15, -0.1) is 0 Å². The van der Waals surface area contributed by atoms with Gasteiger partial charge in [0.25, 0.3) is 5.91 Å². The van der Waals surface area contributed by atoms with Crippen molar-refractivity contribution in [3.8, 4) is 0 Å². The van der Waals surface area contributed by atoms with Crippen molar-refractivity contribution in [2.45, 2.75) is 13.3 Å². The Kier molecular flexibility index (Phi) is 6.21. The number of hydrogen-bond acceptors (Lipinski definition) is 3. The van der Waals surface area contributed by atoms with Crippen LogP contribution in [0.1, 0.15) is 23.7 Å². The van der Waals surface area contributed by atoms with Crippen LogP contribution in [0.5, 0.6) is 0 Å². The number of amides is 3. The fourth-order valence-corrected chi connectivity index (χ4v) is 3.50. The van der Waals surface area contributed by atoms with Crippen LogP contribution in [0.15, 0.2) is 42.5 Å². The van der Waals surface area contributed by atoms with Gasteiger partial charge < -0.3 is 15.5 Å². The second kappa shape index (κ2) is 8.63. The Hall–Kier alpha value is -2.57. The van der Waals surface area contributed by atoms with E-state index >= 15 is 0 Å². The van der Waals surface area contributed by atoms with Crippen LogP contribution in [-0.4, -0.2) is 30.8 Å². The molecule has 8 heteroatoms. The van der Waals surface area contributed by atoms with E-state index in [4.69, 9.17) is 23.2 Å². The van der Waals surface area contributed by atoms with E-state index in [-0.39, 0.29) is 35.7 Å². The molecule has 1 heterocycles. The van der Waals surface area contributed by atoms with E-state index in [0.29, 0.717) is 28.5 Å². The molecule has 28 heavy (non-hydrogen) atoms. The van der Waals surface area contributed by atoms with Gasteiger partial charge >= 0.3 is 0 Å². The number of para-hydroxylation sites is 1. The molecule has 1 saturated heterocycles. The first kappa shape index (κ1) is 20.2. The highest BCUT2D eigenvalue weighted by Crippen LogP contribution is 2.36. The minimum Gasteiger partial charge on any atom is -0.352 e. The molecule has 0 unspecified atom stereocenters. The molecular weight excluding hydrogens is 401 g/mol. The Morgan fingerprint density at radius 1 is 1.14 bits per heavy atom. The van der Waals surface area contributed by atoms with E-state index in [2.05, 4.69) is 10.6 Å². The highest BCUT2D eigenvalue weighted by molar-refractivity contribution is 6.44. The van der Waals surface area contributed by atoms with Crippen molar-refractivity contribution in [3.63, 3.8) is 0 Å². The van der Waals surface area contributed by atoms with Crippen molar-refractivity contribution in [1.29, 1.82) is 0 Å². The Bertz CT molecular complexity index is 933. The van der Waals surface area contributed by atoms with E-state index in [1.165, 1.54) is 4.90 Å². The number of nitrogens with zero attached hydrogens (tertiary/aromatic N) is 1. The van der Waals surface area contributed by atoms with Gasteiger partial charge in [-0.1, -0.05) is 41.4 Å². The average Bonchev–Trinajstić information content (AvgIpc) is 3.06. The van der Waals surface area contributed by atoms with Crippen molar-refractivity contribution in [3.05, 3.63) is 58.1 Å². The van der Waals surface area contributed by atoms with Crippen LogP contribution < -0.4 is 15.5 Å². The quantitative estimate of drug-likeness (QED) is 0.774. The van der Waals surface area contributed by atoms with Crippen LogP contribution in [0, 0.1) is 5.92 Å². The molecule has 3 rings (SSSR count). The molecule has 2 aromatic carbocycles. The first-order valence-corrected chi connectivity index (χ1v) is 9.60. The molecule has 0 bridgehead atoms. The second-order valence-electron chi connectivity index (χ2n) is 6.37. The fourth-order valence-electron chi connectivity index (χ4n) is 3.10. The van der Waals surface area contributed by atoms with Crippen molar-refractivity contribution in [1.82, 2.24) is 5.32 Å². The van der Waals surface area contributed by atoms with Crippen molar-refractivity contribution >= 4 is 52.3 Å². The zero-order chi connectivity index (χ0) is 20.3. The van der Waals surface area contributed by atoms with Gasteiger partial charge in [0.2, 0.25) is 11.8 Å². The molecule has 0 aliphatic carbocycles. The van der Waals surface area contributed by atoms with Gasteiger partial charge in [-0.3, -0.25) is 14.4 Å². The normalized spacial score (nSPS) is 16.2. The molecule has 0 radical (unpaired) electrons. The average molecular weight is 420 g/mol. The van der Waals surface area contributed by atoms with Crippen LogP contribution in [0.3, 0.4) is 0 Å². The Morgan fingerprint density at radius 2 is 1.89 bits per heavy atom. The van der Waals surface area contributed by atoms with Crippen LogP contribution in [0.25, 0.3) is 0 Å². The van der Waals surface area contributed by atoms with E-state index in [1.54, 1.807) is 42.5 Å². The summed E-state index contributed by atoms with van der Waals surface area (Å²) >= 11 is 12.2. The van der Waals surface area contributed by atoms with E-state index in [9.17, 15) is 14.4 Å². The smallest absolute Gasteiger partial charge is 0.253 e. The summed E-state index contributed by atoms with van der Waals surface area (Å²) in [5.74, 6) is -1.37. The number of halogens is 2. The number of carbonyl (C=O) groups is 3. The predicted molar refractivity (Wildman–Crippen MR) is 110 cm³/mol. The highest BCUT2D eigenvalue weighted by Gasteiger charge is 2.36. The van der Waals surface area contributed by atoms with Crippen LogP contribution >= 0.6 is 23.2 Å². The lowest BCUT2D eigenvalue weighted by Gasteiger charge is -2.19. The number of benzene rings is 2. The number of hydrogen-bond donors (Lipinski definition) is 2. The maximum Gasteiger partial charge on any atom is 0.253 e. The van der Waals surface area contributed by atoms with Crippen molar-refractivity contribution < 1.29 is 14.4 Å². The minimum atomic E-state index is -0.565. The monoisotopic (exact) mass is 419 g/mol. The van der Waals surface area contributed by atoms with Gasteiger partial charge in [0.15, 0.2) is 0 Å². The summed E-state index contributed by atoms with van der Waals surface area (Å²) in [6.45, 7) is 2.49. The molecule has 6 nitrogen and oxygen atoms in total. The highest BCUT2D eigenvalue weighted by atomic mass is 35.5. The van der Waals surface area contributed by atoms with E-state index < -0.39 is 5.92 Å². The molecule has 1 fully saturated rings. The van der Waals surface area contributed by atoms with Crippen molar-refractivity contribution in [2.24, 2.45) is 5.92 Å². The van der Waals surface area contributed by atoms with Gasteiger partial charge in [-0.05, 0) is 31.2 Å². The SMILES string of the molecule is CCNC(=O)c1ccccc1NC(=O)[C@H]1CC(=O)N(c2cccc(Cl)c2Cl)C1. The summed E-state index contributed by atoms with van der Waals surface area (Å²) in [5.41, 5.74) is 1.26. The lowest BCUT2D eigenvalue weighted by Crippen LogP contribution is -2.29. The van der Waals surface area contributed by atoms with Gasteiger partial charge in [0.05, 0.1) is 32.9 Å². The topological polar surface area (TPSA) is 78.5 Å². The summed E-state index contributed by atoms with van der Waals surface area (Å²) in [5, 5.41) is 6.11. The van der Waals surface area contributed by atoms with Gasteiger partial charge in [-0.2, -0.15) is 0 Å². The second-order valence-corrected chi connectivity index (χ2v) is 7.16. The molecule has 146 valence electrons. The molecule has 3 amide bonds. The summed E-state index contributed by atoms with van der Waals surface area (Å²) in [6.07, 6.45) is 0.0536. The first-order chi connectivity index (χ1) is 13.4. The summed E-state index contributed by atoms with van der Waals surface area (Å²) in [7, 11) is 0. The molecule has 1 aliphatic heterocycles. The number of rotatable bonds is 5. The first-order valence-electron chi connectivity index (χ1n) is 8.84. The Balaban J connectivity index is 1.76. The molecule has 1 aliphatic rings. The molecule has 0 aromatic heterocycles. The third-order valence-corrected chi connectivity index (χ3v) is 5.29. The zero-order valence-electron chi connectivity index (χ0n) is 15.2. The Labute approximate surface area is 172 Å². The van der Waals surface area contributed by atoms with Crippen LogP contribution in [0.2, 0.25) is 10.0 Å². The predicted octanol–water partition coefficient (Wildman–Crippen LogP) is 3.73. The lowest BCUT2D eigenvalue weighted by molar-refractivity contribution is -0.122. The lowest BCUT2D eigenvalue weighted by atomic mass is 10.1. The van der Waals surface area contributed by atoms with Crippen LogP contribution in [-0.2, 0) is 9.59 Å². The third-order valence-electron chi connectivity index (χ3n) is 4.48. The van der Waals surface area contributed by atoms with E-state index in [1.807, 2.05) is 6.92 Å². The Morgan fingerprint density at radius 3 is 2.64 bits per heavy atom. The number of nitrogens with one attached hydrogen (secondary N) is 2. The number of carbonyl (C=O) groups excluding carboxylic acids is 3. The maximum atomic E-state index is 12.7. The molecule has 2 N–H and O–H groups in total. The fraction of sp³-hybridized carbons (Fsp3) is 0.250. The zero-order valence-corrected chi connectivity index (χ0v) is 16.7. The standard InChI is InChI=1S/C20H19Cl2N3O3/c1-2-23-20(28)13-6-3-4-8-15(13)24-19(27)12-10-17(26)25(11-12)16-9-5-7-14(21)18(16)22/h3-9,12H,2,10-11H2,1H3,(H,23,28)(H,24,27)/t12-/m0/s1. The van der Waals surface area contributed by atoms with Crippen LogP contribution in [0.4, 0.5) is 11.4 Å². The minimum absolute atomic E-state index is 0.0536. The summed E-state index contributed by atoms with van der Waals surface area (Å²) in [4.78, 5) is 38.8. The van der Waals surface area contributed by atoms with Crippen molar-refractivity contribution in [2.75, 3.05) is 23.3 Å². The van der Waals surface area contributed by atoms with Gasteiger partial charge in [0.1, 0.15) is 0 Å².